The molecule has 2 aromatic rings. The zero-order chi connectivity index (χ0) is 23.2. The standard InChI is InChI=1S/C24H24ClFN2O5/c25-16-6-5-14(7-17(16)26)32-12-22(30)28-24-9-13(10-24)18(11-24)27-23(31)21-8-19(29)15-3-1-2-4-20(15)33-21/h1-7,13,18-19,21,29H,8-12H2,(H,27,31)(H,28,30)/t13?,18?,19-,21-,24?/m0/s1. The van der Waals surface area contributed by atoms with E-state index in [1.54, 1.807) is 18.2 Å². The highest BCUT2D eigenvalue weighted by Gasteiger charge is 2.57. The molecule has 2 bridgehead atoms. The number of fused-ring (bicyclic) bond motifs is 2. The second-order valence-corrected chi connectivity index (χ2v) is 9.48. The fraction of sp³-hybridized carbons (Fsp3) is 0.417. The summed E-state index contributed by atoms with van der Waals surface area (Å²) < 4.78 is 24.7. The van der Waals surface area contributed by atoms with Crippen molar-refractivity contribution in [3.63, 3.8) is 0 Å². The van der Waals surface area contributed by atoms with E-state index in [-0.39, 0.29) is 53.1 Å². The number of benzene rings is 2. The first kappa shape index (κ1) is 22.0. The molecule has 3 aliphatic carbocycles. The molecule has 7 nitrogen and oxygen atoms in total. The molecule has 1 aliphatic heterocycles. The molecule has 3 N–H and O–H groups in total. The van der Waals surface area contributed by atoms with E-state index in [9.17, 15) is 19.1 Å². The molecule has 0 radical (unpaired) electrons. The Morgan fingerprint density at radius 3 is 2.79 bits per heavy atom. The number of aliphatic hydroxyl groups excluding tert-OH is 1. The number of hydrogen-bond acceptors (Lipinski definition) is 5. The third-order valence-corrected chi connectivity index (χ3v) is 7.06. The minimum absolute atomic E-state index is 0.0115. The number of hydrogen-bond donors (Lipinski definition) is 3. The normalized spacial score (nSPS) is 29.3. The molecule has 33 heavy (non-hydrogen) atoms. The lowest BCUT2D eigenvalue weighted by atomic mass is 9.76. The molecule has 3 atom stereocenters. The Morgan fingerprint density at radius 1 is 1.21 bits per heavy atom. The molecule has 2 amide bonds. The Kier molecular flexibility index (Phi) is 5.66. The van der Waals surface area contributed by atoms with Crippen molar-refractivity contribution in [2.45, 2.75) is 49.5 Å². The lowest BCUT2D eigenvalue weighted by Crippen LogP contribution is -2.53. The molecule has 4 aliphatic rings. The zero-order valence-corrected chi connectivity index (χ0v) is 18.5. The van der Waals surface area contributed by atoms with Crippen molar-refractivity contribution >= 4 is 23.4 Å². The molecule has 3 saturated carbocycles. The number of para-hydroxylation sites is 1. The maximum Gasteiger partial charge on any atom is 0.261 e. The maximum atomic E-state index is 13.5. The van der Waals surface area contributed by atoms with Gasteiger partial charge in [0.05, 0.1) is 11.1 Å². The quantitative estimate of drug-likeness (QED) is 0.598. The first-order chi connectivity index (χ1) is 15.8. The molecule has 2 aromatic carbocycles. The van der Waals surface area contributed by atoms with Gasteiger partial charge in [0.2, 0.25) is 0 Å². The van der Waals surface area contributed by atoms with Gasteiger partial charge in [-0.25, -0.2) is 4.39 Å². The summed E-state index contributed by atoms with van der Waals surface area (Å²) in [7, 11) is 0. The van der Waals surface area contributed by atoms with Gasteiger partial charge >= 0.3 is 0 Å². The molecule has 174 valence electrons. The van der Waals surface area contributed by atoms with E-state index in [0.29, 0.717) is 17.7 Å². The molecular formula is C24H24ClFN2O5. The monoisotopic (exact) mass is 474 g/mol. The van der Waals surface area contributed by atoms with Gasteiger partial charge in [-0.05, 0) is 43.4 Å². The van der Waals surface area contributed by atoms with Crippen molar-refractivity contribution in [2.75, 3.05) is 6.61 Å². The number of nitrogens with one attached hydrogen (secondary N) is 2. The Morgan fingerprint density at radius 2 is 2.00 bits per heavy atom. The average molecular weight is 475 g/mol. The zero-order valence-electron chi connectivity index (χ0n) is 17.7. The van der Waals surface area contributed by atoms with Crippen LogP contribution in [-0.2, 0) is 9.59 Å². The van der Waals surface area contributed by atoms with Crippen LogP contribution in [0, 0.1) is 11.7 Å². The smallest absolute Gasteiger partial charge is 0.261 e. The van der Waals surface area contributed by atoms with Gasteiger partial charge in [0.1, 0.15) is 17.3 Å². The van der Waals surface area contributed by atoms with Crippen LogP contribution in [-0.4, -0.2) is 41.2 Å². The number of carbonyl (C=O) groups excluding carboxylic acids is 2. The highest BCUT2D eigenvalue weighted by atomic mass is 35.5. The molecule has 9 heteroatoms. The number of carbonyl (C=O) groups is 2. The van der Waals surface area contributed by atoms with Gasteiger partial charge in [0.25, 0.3) is 11.8 Å². The first-order valence-electron chi connectivity index (χ1n) is 10.9. The van der Waals surface area contributed by atoms with E-state index >= 15 is 0 Å². The van der Waals surface area contributed by atoms with Crippen LogP contribution in [0.25, 0.3) is 0 Å². The fourth-order valence-corrected chi connectivity index (χ4v) is 5.30. The highest BCUT2D eigenvalue weighted by molar-refractivity contribution is 6.30. The van der Waals surface area contributed by atoms with Crippen LogP contribution >= 0.6 is 11.6 Å². The van der Waals surface area contributed by atoms with Crippen molar-refractivity contribution in [2.24, 2.45) is 5.92 Å². The van der Waals surface area contributed by atoms with Gasteiger partial charge in [-0.2, -0.15) is 0 Å². The van der Waals surface area contributed by atoms with Gasteiger partial charge in [0.15, 0.2) is 12.7 Å². The number of aliphatic hydroxyl groups is 1. The summed E-state index contributed by atoms with van der Waals surface area (Å²) in [6, 6.07) is 11.1. The van der Waals surface area contributed by atoms with E-state index in [0.717, 1.165) is 18.9 Å². The molecular weight excluding hydrogens is 451 g/mol. The van der Waals surface area contributed by atoms with Gasteiger partial charge in [-0.1, -0.05) is 29.8 Å². The third kappa shape index (κ3) is 4.37. The third-order valence-electron chi connectivity index (χ3n) is 6.76. The SMILES string of the molecule is O=C(COc1ccc(Cl)c(F)c1)NC12CC(C1)C(NC(=O)[C@@H]1C[C@H](O)c3ccccc3O1)C2. The number of rotatable bonds is 6. The first-order valence-corrected chi connectivity index (χ1v) is 11.3. The Balaban J connectivity index is 1.12. The minimum atomic E-state index is -0.758. The van der Waals surface area contributed by atoms with E-state index in [4.69, 9.17) is 21.1 Å². The number of amides is 2. The van der Waals surface area contributed by atoms with Crippen molar-refractivity contribution in [3.05, 3.63) is 58.9 Å². The molecule has 1 unspecified atom stereocenters. The average Bonchev–Trinajstić information content (AvgIpc) is 3.28. The predicted octanol–water partition coefficient (Wildman–Crippen LogP) is 2.90. The Labute approximate surface area is 195 Å². The van der Waals surface area contributed by atoms with Crippen LogP contribution in [0.5, 0.6) is 11.5 Å². The summed E-state index contributed by atoms with van der Waals surface area (Å²) in [5, 5.41) is 16.4. The van der Waals surface area contributed by atoms with Crippen LogP contribution in [0.2, 0.25) is 5.02 Å². The molecule has 0 saturated heterocycles. The molecule has 1 heterocycles. The summed E-state index contributed by atoms with van der Waals surface area (Å²) in [5.74, 6) is -0.134. The van der Waals surface area contributed by atoms with Gasteiger partial charge < -0.3 is 25.2 Å². The van der Waals surface area contributed by atoms with Crippen molar-refractivity contribution < 1.29 is 28.6 Å². The summed E-state index contributed by atoms with van der Waals surface area (Å²) in [6.45, 7) is -0.238. The lowest BCUT2D eigenvalue weighted by molar-refractivity contribution is -0.131. The second kappa shape index (κ2) is 8.50. The fourth-order valence-electron chi connectivity index (χ4n) is 5.18. The Hall–Kier alpha value is -2.84. The second-order valence-electron chi connectivity index (χ2n) is 9.08. The summed E-state index contributed by atoms with van der Waals surface area (Å²) in [6.07, 6.45) is 0.863. The van der Waals surface area contributed by atoms with Gasteiger partial charge in [-0.15, -0.1) is 0 Å². The highest BCUT2D eigenvalue weighted by Crippen LogP contribution is 2.52. The summed E-state index contributed by atoms with van der Waals surface area (Å²) >= 11 is 5.65. The number of halogens is 2. The van der Waals surface area contributed by atoms with Crippen molar-refractivity contribution in [1.29, 1.82) is 0 Å². The Bertz CT molecular complexity index is 1090. The maximum absolute atomic E-state index is 13.5. The van der Waals surface area contributed by atoms with Crippen LogP contribution in [0.4, 0.5) is 4.39 Å². The number of ether oxygens (including phenoxy) is 2. The lowest BCUT2D eigenvalue weighted by Gasteiger charge is -2.39. The van der Waals surface area contributed by atoms with E-state index in [1.807, 2.05) is 6.07 Å². The predicted molar refractivity (Wildman–Crippen MR) is 117 cm³/mol. The molecule has 0 spiro atoms. The summed E-state index contributed by atoms with van der Waals surface area (Å²) in [4.78, 5) is 25.2. The summed E-state index contributed by atoms with van der Waals surface area (Å²) in [5.41, 5.74) is 0.322. The van der Waals surface area contributed by atoms with Crippen LogP contribution in [0.15, 0.2) is 42.5 Å². The van der Waals surface area contributed by atoms with E-state index in [2.05, 4.69) is 10.6 Å². The largest absolute Gasteiger partial charge is 0.484 e. The van der Waals surface area contributed by atoms with Crippen molar-refractivity contribution in [1.82, 2.24) is 10.6 Å². The topological polar surface area (TPSA) is 96.9 Å². The van der Waals surface area contributed by atoms with Crippen molar-refractivity contribution in [3.8, 4) is 11.5 Å². The molecule has 3 fully saturated rings. The van der Waals surface area contributed by atoms with Crippen LogP contribution in [0.3, 0.4) is 0 Å². The van der Waals surface area contributed by atoms with Crippen LogP contribution in [0.1, 0.15) is 37.4 Å². The minimum Gasteiger partial charge on any atom is -0.484 e. The van der Waals surface area contributed by atoms with E-state index < -0.39 is 18.0 Å². The van der Waals surface area contributed by atoms with Crippen LogP contribution < -0.4 is 20.1 Å². The molecule has 0 aromatic heterocycles. The molecule has 6 rings (SSSR count). The van der Waals surface area contributed by atoms with E-state index in [1.165, 1.54) is 12.1 Å². The van der Waals surface area contributed by atoms with Gasteiger partial charge in [0, 0.05) is 29.6 Å². The van der Waals surface area contributed by atoms with Gasteiger partial charge in [-0.3, -0.25) is 9.59 Å².